The van der Waals surface area contributed by atoms with Gasteiger partial charge in [-0.1, -0.05) is 13.8 Å². The molecule has 0 aromatic carbocycles. The maximum Gasteiger partial charge on any atom is 0.314 e. The van der Waals surface area contributed by atoms with E-state index in [0.717, 1.165) is 6.42 Å². The predicted octanol–water partition coefficient (Wildman–Crippen LogP) is 0.932. The number of aliphatic carboxylic acids is 1. The molecule has 1 fully saturated rings. The van der Waals surface area contributed by atoms with Gasteiger partial charge in [-0.05, 0) is 17.8 Å². The van der Waals surface area contributed by atoms with Crippen LogP contribution in [-0.4, -0.2) is 17.4 Å². The van der Waals surface area contributed by atoms with Crippen LogP contribution in [0, 0.1) is 17.3 Å². The number of carboxylic acids is 1. The minimum absolute atomic E-state index is 0.0532. The zero-order valence-corrected chi connectivity index (χ0v) is 6.70. The molecule has 3 heteroatoms. The fraction of sp³-hybridized carbons (Fsp3) is 0.750. The third-order valence-electron chi connectivity index (χ3n) is 2.45. The lowest BCUT2D eigenvalue weighted by atomic mass is 9.99. The summed E-state index contributed by atoms with van der Waals surface area (Å²) in [6.07, 6.45) is 1.39. The third kappa shape index (κ3) is 1.42. The third-order valence-corrected chi connectivity index (χ3v) is 2.45. The van der Waals surface area contributed by atoms with Crippen LogP contribution in [0.4, 0.5) is 0 Å². The second kappa shape index (κ2) is 2.32. The van der Waals surface area contributed by atoms with Crippen LogP contribution in [-0.2, 0) is 9.59 Å². The van der Waals surface area contributed by atoms with E-state index in [9.17, 15) is 9.59 Å². The normalized spacial score (nSPS) is 29.1. The molecule has 0 spiro atoms. The van der Waals surface area contributed by atoms with Crippen LogP contribution in [0.3, 0.4) is 0 Å². The second-order valence-corrected chi connectivity index (χ2v) is 3.80. The minimum atomic E-state index is -0.990. The van der Waals surface area contributed by atoms with E-state index >= 15 is 0 Å². The van der Waals surface area contributed by atoms with Gasteiger partial charge < -0.3 is 9.90 Å². The summed E-state index contributed by atoms with van der Waals surface area (Å²) in [5.41, 5.74) is 0.0595. The molecule has 0 bridgehead atoms. The Bertz CT molecular complexity index is 196. The molecule has 0 aromatic heterocycles. The van der Waals surface area contributed by atoms with Gasteiger partial charge in [-0.2, -0.15) is 0 Å². The fourth-order valence-corrected chi connectivity index (χ4v) is 1.45. The molecule has 1 aliphatic rings. The van der Waals surface area contributed by atoms with E-state index in [-0.39, 0.29) is 11.3 Å². The lowest BCUT2D eigenvalue weighted by Crippen LogP contribution is -2.19. The van der Waals surface area contributed by atoms with Crippen molar-refractivity contribution < 1.29 is 14.7 Å². The number of carbonyl (C=O) groups excluding carboxylic acids is 1. The van der Waals surface area contributed by atoms with E-state index in [0.29, 0.717) is 6.29 Å². The minimum Gasteiger partial charge on any atom is -0.481 e. The zero-order valence-electron chi connectivity index (χ0n) is 6.70. The molecule has 11 heavy (non-hydrogen) atoms. The van der Waals surface area contributed by atoms with Gasteiger partial charge in [-0.3, -0.25) is 4.79 Å². The van der Waals surface area contributed by atoms with Crippen molar-refractivity contribution in [2.45, 2.75) is 20.3 Å². The molecular formula is C8H12O3. The first-order valence-electron chi connectivity index (χ1n) is 3.67. The summed E-state index contributed by atoms with van der Waals surface area (Å²) in [7, 11) is 0. The van der Waals surface area contributed by atoms with Crippen LogP contribution in [0.5, 0.6) is 0 Å². The summed E-state index contributed by atoms with van der Waals surface area (Å²) < 4.78 is 0. The highest BCUT2D eigenvalue weighted by Crippen LogP contribution is 2.55. The number of carboxylic acid groups (broad SMARTS) is 1. The highest BCUT2D eigenvalue weighted by atomic mass is 16.4. The Morgan fingerprint density at radius 1 is 1.73 bits per heavy atom. The first-order valence-corrected chi connectivity index (χ1v) is 3.67. The molecule has 2 unspecified atom stereocenters. The van der Waals surface area contributed by atoms with Crippen molar-refractivity contribution in [1.29, 1.82) is 0 Å². The molecule has 0 aliphatic heterocycles. The van der Waals surface area contributed by atoms with Crippen molar-refractivity contribution in [3.63, 3.8) is 0 Å². The SMILES string of the molecule is CC1(C)CC1C(C=O)C(=O)O. The Balaban J connectivity index is 2.60. The highest BCUT2D eigenvalue weighted by Gasteiger charge is 2.52. The largest absolute Gasteiger partial charge is 0.481 e. The van der Waals surface area contributed by atoms with Crippen molar-refractivity contribution in [3.05, 3.63) is 0 Å². The zero-order chi connectivity index (χ0) is 8.65. The second-order valence-electron chi connectivity index (χ2n) is 3.80. The maximum atomic E-state index is 10.5. The number of hydrogen-bond acceptors (Lipinski definition) is 2. The van der Waals surface area contributed by atoms with Crippen molar-refractivity contribution in [2.75, 3.05) is 0 Å². The summed E-state index contributed by atoms with van der Waals surface area (Å²) in [6, 6.07) is 0. The Morgan fingerprint density at radius 3 is 2.27 bits per heavy atom. The van der Waals surface area contributed by atoms with E-state index in [2.05, 4.69) is 0 Å². The Morgan fingerprint density at radius 2 is 2.18 bits per heavy atom. The monoisotopic (exact) mass is 156 g/mol. The lowest BCUT2D eigenvalue weighted by molar-refractivity contribution is -0.144. The van der Waals surface area contributed by atoms with E-state index in [1.807, 2.05) is 13.8 Å². The van der Waals surface area contributed by atoms with Gasteiger partial charge in [-0.25, -0.2) is 0 Å². The summed E-state index contributed by atoms with van der Waals surface area (Å²) in [6.45, 7) is 3.97. The van der Waals surface area contributed by atoms with Gasteiger partial charge in [-0.15, -0.1) is 0 Å². The van der Waals surface area contributed by atoms with Gasteiger partial charge >= 0.3 is 5.97 Å². The van der Waals surface area contributed by atoms with E-state index in [4.69, 9.17) is 5.11 Å². The average molecular weight is 156 g/mol. The first kappa shape index (κ1) is 8.24. The summed E-state index contributed by atoms with van der Waals surface area (Å²) in [4.78, 5) is 20.8. The molecule has 1 aliphatic carbocycles. The average Bonchev–Trinajstić information content (AvgIpc) is 2.41. The maximum absolute atomic E-state index is 10.5. The van der Waals surface area contributed by atoms with Crippen LogP contribution in [0.15, 0.2) is 0 Å². The summed E-state index contributed by atoms with van der Waals surface area (Å²) in [5.74, 6) is -1.72. The van der Waals surface area contributed by atoms with Gasteiger partial charge in [0, 0.05) is 0 Å². The highest BCUT2D eigenvalue weighted by molar-refractivity contribution is 5.87. The van der Waals surface area contributed by atoms with E-state index in [1.165, 1.54) is 0 Å². The first-order chi connectivity index (χ1) is 4.99. The molecule has 2 atom stereocenters. The van der Waals surface area contributed by atoms with Gasteiger partial charge in [0.05, 0.1) is 0 Å². The molecule has 1 N–H and O–H groups in total. The number of hydrogen-bond donors (Lipinski definition) is 1. The van der Waals surface area contributed by atoms with Crippen LogP contribution >= 0.6 is 0 Å². The summed E-state index contributed by atoms with van der Waals surface area (Å²) in [5, 5.41) is 8.58. The van der Waals surface area contributed by atoms with Crippen LogP contribution in [0.1, 0.15) is 20.3 Å². The van der Waals surface area contributed by atoms with Gasteiger partial charge in [0.25, 0.3) is 0 Å². The van der Waals surface area contributed by atoms with E-state index < -0.39 is 11.9 Å². The molecule has 1 rings (SSSR count). The molecule has 3 nitrogen and oxygen atoms in total. The quantitative estimate of drug-likeness (QED) is 0.488. The predicted molar refractivity (Wildman–Crippen MR) is 39.1 cm³/mol. The molecule has 0 radical (unpaired) electrons. The van der Waals surface area contributed by atoms with Crippen LogP contribution in [0.2, 0.25) is 0 Å². The van der Waals surface area contributed by atoms with Crippen molar-refractivity contribution in [1.82, 2.24) is 0 Å². The fourth-order valence-electron chi connectivity index (χ4n) is 1.45. The molecule has 0 amide bonds. The van der Waals surface area contributed by atoms with E-state index in [1.54, 1.807) is 0 Å². The Labute approximate surface area is 65.4 Å². The van der Waals surface area contributed by atoms with Gasteiger partial charge in [0.2, 0.25) is 0 Å². The molecule has 62 valence electrons. The van der Waals surface area contributed by atoms with Gasteiger partial charge in [0.1, 0.15) is 12.2 Å². The Kier molecular flexibility index (Phi) is 1.74. The lowest BCUT2D eigenvalue weighted by Gasteiger charge is -2.05. The van der Waals surface area contributed by atoms with Crippen LogP contribution < -0.4 is 0 Å². The standard InChI is InChI=1S/C8H12O3/c1-8(2)3-6(8)5(4-9)7(10)11/h4-6H,3H2,1-2H3,(H,10,11). The molecule has 1 saturated carbocycles. The van der Waals surface area contributed by atoms with Crippen molar-refractivity contribution in [2.24, 2.45) is 17.3 Å². The summed E-state index contributed by atoms with van der Waals surface area (Å²) >= 11 is 0. The van der Waals surface area contributed by atoms with Crippen LogP contribution in [0.25, 0.3) is 0 Å². The van der Waals surface area contributed by atoms with Crippen molar-refractivity contribution >= 4 is 12.3 Å². The topological polar surface area (TPSA) is 54.4 Å². The smallest absolute Gasteiger partial charge is 0.314 e. The number of aldehydes is 1. The molecular weight excluding hydrogens is 144 g/mol. The molecule has 0 heterocycles. The van der Waals surface area contributed by atoms with Crippen molar-refractivity contribution in [3.8, 4) is 0 Å². The number of carbonyl (C=O) groups is 2. The van der Waals surface area contributed by atoms with Gasteiger partial charge in [0.15, 0.2) is 0 Å². The number of rotatable bonds is 3. The Hall–Kier alpha value is -0.860. The molecule has 0 saturated heterocycles. The molecule has 0 aromatic rings.